The first-order valence-corrected chi connectivity index (χ1v) is 6.60. The lowest BCUT2D eigenvalue weighted by Crippen LogP contribution is -2.19. The van der Waals surface area contributed by atoms with Crippen molar-refractivity contribution < 1.29 is 0 Å². The zero-order chi connectivity index (χ0) is 12.1. The Labute approximate surface area is 111 Å². The van der Waals surface area contributed by atoms with Crippen LogP contribution in [0.3, 0.4) is 0 Å². The Balaban J connectivity index is 2.90. The lowest BCUT2D eigenvalue weighted by Gasteiger charge is -2.17. The second kappa shape index (κ2) is 6.21. The van der Waals surface area contributed by atoms with Crippen LogP contribution in [0.1, 0.15) is 32.3 Å². The average Bonchev–Trinajstić information content (AvgIpc) is 2.20. The average molecular weight is 301 g/mol. The molecule has 0 bridgehead atoms. The van der Waals surface area contributed by atoms with Crippen molar-refractivity contribution in [3.8, 4) is 0 Å². The highest BCUT2D eigenvalue weighted by atomic mass is 79.9. The molecule has 0 aliphatic carbocycles. The molecule has 0 aliphatic rings. The van der Waals surface area contributed by atoms with Crippen molar-refractivity contribution in [3.05, 3.63) is 28.2 Å². The highest BCUT2D eigenvalue weighted by molar-refractivity contribution is 9.10. The van der Waals surface area contributed by atoms with E-state index in [2.05, 4.69) is 35.1 Å². The van der Waals surface area contributed by atoms with Gasteiger partial charge in [-0.25, -0.2) is 0 Å². The van der Waals surface area contributed by atoms with E-state index in [0.717, 1.165) is 28.6 Å². The third kappa shape index (κ3) is 3.76. The third-order valence-electron chi connectivity index (χ3n) is 2.37. The SMILES string of the molecule is CCCC(C)Nc1ccc(Br)cc1C(N)=S. The van der Waals surface area contributed by atoms with Crippen LogP contribution in [0.2, 0.25) is 0 Å². The summed E-state index contributed by atoms with van der Waals surface area (Å²) in [6, 6.07) is 6.37. The van der Waals surface area contributed by atoms with Crippen LogP contribution in [0, 0.1) is 0 Å². The van der Waals surface area contributed by atoms with Gasteiger partial charge in [-0.3, -0.25) is 0 Å². The van der Waals surface area contributed by atoms with Crippen molar-refractivity contribution in [1.82, 2.24) is 0 Å². The second-order valence-corrected chi connectivity index (χ2v) is 5.24. The summed E-state index contributed by atoms with van der Waals surface area (Å²) >= 11 is 8.46. The predicted octanol–water partition coefficient (Wildman–Crippen LogP) is 3.68. The maximum Gasteiger partial charge on any atom is 0.106 e. The minimum absolute atomic E-state index is 0.424. The van der Waals surface area contributed by atoms with Gasteiger partial charge in [-0.05, 0) is 31.5 Å². The van der Waals surface area contributed by atoms with Gasteiger partial charge in [-0.15, -0.1) is 0 Å². The van der Waals surface area contributed by atoms with E-state index in [1.165, 1.54) is 0 Å². The summed E-state index contributed by atoms with van der Waals surface area (Å²) in [4.78, 5) is 0.424. The molecule has 3 N–H and O–H groups in total. The number of rotatable bonds is 5. The van der Waals surface area contributed by atoms with Gasteiger partial charge in [-0.2, -0.15) is 0 Å². The third-order valence-corrected chi connectivity index (χ3v) is 3.08. The van der Waals surface area contributed by atoms with E-state index in [9.17, 15) is 0 Å². The molecule has 0 fully saturated rings. The quantitative estimate of drug-likeness (QED) is 0.815. The standard InChI is InChI=1S/C12H17BrN2S/c1-3-4-8(2)15-11-6-5-9(13)7-10(11)12(14)16/h5-8,15H,3-4H2,1-2H3,(H2,14,16). The molecule has 0 saturated carbocycles. The van der Waals surface area contributed by atoms with Crippen molar-refractivity contribution in [3.63, 3.8) is 0 Å². The van der Waals surface area contributed by atoms with E-state index in [-0.39, 0.29) is 0 Å². The molecule has 1 aromatic carbocycles. The number of thiocarbonyl (C=S) groups is 1. The molecule has 88 valence electrons. The van der Waals surface area contributed by atoms with Gasteiger partial charge in [0, 0.05) is 21.8 Å². The fourth-order valence-corrected chi connectivity index (χ4v) is 2.15. The Kier molecular flexibility index (Phi) is 5.22. The monoisotopic (exact) mass is 300 g/mol. The molecule has 0 saturated heterocycles. The molecular weight excluding hydrogens is 284 g/mol. The van der Waals surface area contributed by atoms with Crippen LogP contribution in [0.25, 0.3) is 0 Å². The fourth-order valence-electron chi connectivity index (χ4n) is 1.62. The second-order valence-electron chi connectivity index (χ2n) is 3.89. The molecule has 0 aliphatic heterocycles. The van der Waals surface area contributed by atoms with Gasteiger partial charge in [0.25, 0.3) is 0 Å². The molecule has 16 heavy (non-hydrogen) atoms. The highest BCUT2D eigenvalue weighted by Crippen LogP contribution is 2.22. The van der Waals surface area contributed by atoms with Gasteiger partial charge in [0.2, 0.25) is 0 Å². The van der Waals surface area contributed by atoms with Crippen LogP contribution in [-0.2, 0) is 0 Å². The zero-order valence-corrected chi connectivity index (χ0v) is 12.0. The maximum absolute atomic E-state index is 5.70. The Hall–Kier alpha value is -0.610. The van der Waals surface area contributed by atoms with Gasteiger partial charge in [0.05, 0.1) is 0 Å². The van der Waals surface area contributed by atoms with Crippen molar-refractivity contribution in [2.45, 2.75) is 32.7 Å². The normalized spacial score (nSPS) is 12.2. The lowest BCUT2D eigenvalue weighted by molar-refractivity contribution is 0.690. The number of nitrogens with one attached hydrogen (secondary N) is 1. The van der Waals surface area contributed by atoms with E-state index >= 15 is 0 Å². The van der Waals surface area contributed by atoms with Crippen LogP contribution < -0.4 is 11.1 Å². The van der Waals surface area contributed by atoms with Crippen LogP contribution in [0.4, 0.5) is 5.69 Å². The summed E-state index contributed by atoms with van der Waals surface area (Å²) in [6.07, 6.45) is 2.29. The van der Waals surface area contributed by atoms with Gasteiger partial charge < -0.3 is 11.1 Å². The number of hydrogen-bond acceptors (Lipinski definition) is 2. The van der Waals surface area contributed by atoms with E-state index in [1.54, 1.807) is 0 Å². The van der Waals surface area contributed by atoms with Crippen molar-refractivity contribution in [2.24, 2.45) is 5.73 Å². The first kappa shape index (κ1) is 13.5. The Morgan fingerprint density at radius 3 is 2.81 bits per heavy atom. The molecule has 0 aromatic heterocycles. The first-order chi connectivity index (χ1) is 7.54. The van der Waals surface area contributed by atoms with E-state index in [1.807, 2.05) is 18.2 Å². The molecule has 0 amide bonds. The number of nitrogens with two attached hydrogens (primary N) is 1. The smallest absolute Gasteiger partial charge is 0.106 e. The van der Waals surface area contributed by atoms with Crippen molar-refractivity contribution >= 4 is 38.8 Å². The minimum atomic E-state index is 0.424. The molecule has 1 rings (SSSR count). The molecule has 0 radical (unpaired) electrons. The minimum Gasteiger partial charge on any atom is -0.389 e. The highest BCUT2D eigenvalue weighted by Gasteiger charge is 2.08. The summed E-state index contributed by atoms with van der Waals surface area (Å²) in [7, 11) is 0. The molecular formula is C12H17BrN2S. The molecule has 4 heteroatoms. The Morgan fingerprint density at radius 1 is 1.56 bits per heavy atom. The van der Waals surface area contributed by atoms with Gasteiger partial charge in [0.15, 0.2) is 0 Å². The summed E-state index contributed by atoms with van der Waals surface area (Å²) in [6.45, 7) is 4.34. The Bertz CT molecular complexity index is 379. The van der Waals surface area contributed by atoms with Crippen molar-refractivity contribution in [1.29, 1.82) is 0 Å². The van der Waals surface area contributed by atoms with Crippen LogP contribution >= 0.6 is 28.1 Å². The van der Waals surface area contributed by atoms with Crippen molar-refractivity contribution in [2.75, 3.05) is 5.32 Å². The maximum atomic E-state index is 5.70. The van der Waals surface area contributed by atoms with Gasteiger partial charge >= 0.3 is 0 Å². The first-order valence-electron chi connectivity index (χ1n) is 5.40. The lowest BCUT2D eigenvalue weighted by atomic mass is 10.1. The predicted molar refractivity (Wildman–Crippen MR) is 78.0 cm³/mol. The summed E-state index contributed by atoms with van der Waals surface area (Å²) in [5.41, 5.74) is 7.61. The molecule has 1 aromatic rings. The molecule has 0 heterocycles. The molecule has 1 atom stereocenters. The zero-order valence-electron chi connectivity index (χ0n) is 9.59. The number of anilines is 1. The number of hydrogen-bond donors (Lipinski definition) is 2. The van der Waals surface area contributed by atoms with Crippen LogP contribution in [0.15, 0.2) is 22.7 Å². The summed E-state index contributed by atoms with van der Waals surface area (Å²) in [5.74, 6) is 0. The molecule has 1 unspecified atom stereocenters. The van der Waals surface area contributed by atoms with Crippen LogP contribution in [0.5, 0.6) is 0 Å². The van der Waals surface area contributed by atoms with E-state index in [0.29, 0.717) is 11.0 Å². The summed E-state index contributed by atoms with van der Waals surface area (Å²) < 4.78 is 0.990. The Morgan fingerprint density at radius 2 is 2.25 bits per heavy atom. The van der Waals surface area contributed by atoms with Gasteiger partial charge in [-0.1, -0.05) is 41.5 Å². The summed E-state index contributed by atoms with van der Waals surface area (Å²) in [5, 5.41) is 3.43. The van der Waals surface area contributed by atoms with Crippen LogP contribution in [-0.4, -0.2) is 11.0 Å². The topological polar surface area (TPSA) is 38.0 Å². The molecule has 2 nitrogen and oxygen atoms in total. The largest absolute Gasteiger partial charge is 0.389 e. The number of halogens is 1. The fraction of sp³-hybridized carbons (Fsp3) is 0.417. The van der Waals surface area contributed by atoms with E-state index < -0.39 is 0 Å². The number of benzene rings is 1. The van der Waals surface area contributed by atoms with Gasteiger partial charge in [0.1, 0.15) is 4.99 Å². The molecule has 0 spiro atoms. The van der Waals surface area contributed by atoms with E-state index in [4.69, 9.17) is 18.0 Å².